The number of ether oxygens (including phenoxy) is 1. The van der Waals surface area contributed by atoms with E-state index in [0.717, 1.165) is 44.3 Å². The molecule has 2 N–H and O–H groups in total. The van der Waals surface area contributed by atoms with Crippen LogP contribution in [-0.4, -0.2) is 51.2 Å². The first kappa shape index (κ1) is 19.3. The van der Waals surface area contributed by atoms with Gasteiger partial charge in [-0.2, -0.15) is 0 Å². The summed E-state index contributed by atoms with van der Waals surface area (Å²) in [6.07, 6.45) is 2.36. The Labute approximate surface area is 141 Å². The van der Waals surface area contributed by atoms with Gasteiger partial charge in [0, 0.05) is 20.1 Å². The van der Waals surface area contributed by atoms with Crippen LogP contribution in [0.3, 0.4) is 0 Å². The molecule has 0 heterocycles. The molecule has 0 saturated heterocycles. The molecule has 0 fully saturated rings. The van der Waals surface area contributed by atoms with Gasteiger partial charge < -0.3 is 20.3 Å². The molecule has 1 rings (SSSR count). The van der Waals surface area contributed by atoms with Crippen LogP contribution in [0.4, 0.5) is 0 Å². The third kappa shape index (κ3) is 7.88. The van der Waals surface area contributed by atoms with Gasteiger partial charge in [-0.3, -0.25) is 4.99 Å². The Morgan fingerprint density at radius 1 is 1.09 bits per heavy atom. The minimum Gasteiger partial charge on any atom is -0.497 e. The van der Waals surface area contributed by atoms with Crippen molar-refractivity contribution < 1.29 is 4.74 Å². The van der Waals surface area contributed by atoms with Crippen LogP contribution < -0.4 is 15.4 Å². The van der Waals surface area contributed by atoms with E-state index in [1.807, 2.05) is 12.1 Å². The second kappa shape index (κ2) is 11.8. The van der Waals surface area contributed by atoms with E-state index in [4.69, 9.17) is 4.74 Å². The minimum atomic E-state index is 0.753. The van der Waals surface area contributed by atoms with Crippen molar-refractivity contribution in [1.82, 2.24) is 15.5 Å². The van der Waals surface area contributed by atoms with Gasteiger partial charge in [-0.1, -0.05) is 26.0 Å². The van der Waals surface area contributed by atoms with E-state index in [0.29, 0.717) is 0 Å². The SMILES string of the molecule is CCN(CC)CCCCNC(=NC)NCc1ccc(OC)cc1. The monoisotopic (exact) mass is 320 g/mol. The summed E-state index contributed by atoms with van der Waals surface area (Å²) >= 11 is 0. The Morgan fingerprint density at radius 3 is 2.35 bits per heavy atom. The van der Waals surface area contributed by atoms with Gasteiger partial charge in [-0.15, -0.1) is 0 Å². The van der Waals surface area contributed by atoms with Crippen LogP contribution >= 0.6 is 0 Å². The third-order valence-corrected chi connectivity index (χ3v) is 3.93. The molecule has 0 radical (unpaired) electrons. The van der Waals surface area contributed by atoms with Gasteiger partial charge in [0.05, 0.1) is 7.11 Å². The number of hydrogen-bond donors (Lipinski definition) is 2. The Morgan fingerprint density at radius 2 is 1.78 bits per heavy atom. The number of guanidine groups is 1. The first-order valence-corrected chi connectivity index (χ1v) is 8.53. The van der Waals surface area contributed by atoms with E-state index < -0.39 is 0 Å². The molecular formula is C18H32N4O. The molecule has 0 saturated carbocycles. The number of rotatable bonds is 10. The van der Waals surface area contributed by atoms with Crippen LogP contribution in [0.2, 0.25) is 0 Å². The number of aliphatic imine (C=N–C) groups is 1. The maximum Gasteiger partial charge on any atom is 0.191 e. The van der Waals surface area contributed by atoms with Crippen LogP contribution in [0.5, 0.6) is 5.75 Å². The normalized spacial score (nSPS) is 11.6. The summed E-state index contributed by atoms with van der Waals surface area (Å²) in [6, 6.07) is 8.06. The molecule has 0 unspecified atom stereocenters. The molecule has 0 bridgehead atoms. The van der Waals surface area contributed by atoms with E-state index >= 15 is 0 Å². The van der Waals surface area contributed by atoms with E-state index in [1.54, 1.807) is 14.2 Å². The van der Waals surface area contributed by atoms with Crippen molar-refractivity contribution in [3.8, 4) is 5.75 Å². The number of nitrogens with one attached hydrogen (secondary N) is 2. The van der Waals surface area contributed by atoms with Crippen molar-refractivity contribution in [1.29, 1.82) is 0 Å². The summed E-state index contributed by atoms with van der Waals surface area (Å²) in [5.41, 5.74) is 1.20. The van der Waals surface area contributed by atoms with Gasteiger partial charge in [0.15, 0.2) is 5.96 Å². The van der Waals surface area contributed by atoms with Crippen LogP contribution in [0.1, 0.15) is 32.3 Å². The summed E-state index contributed by atoms with van der Waals surface area (Å²) in [4.78, 5) is 6.72. The smallest absolute Gasteiger partial charge is 0.191 e. The zero-order valence-electron chi connectivity index (χ0n) is 15.1. The molecule has 0 aliphatic carbocycles. The number of nitrogens with zero attached hydrogens (tertiary/aromatic N) is 2. The Balaban J connectivity index is 2.21. The van der Waals surface area contributed by atoms with Crippen LogP contribution in [-0.2, 0) is 6.54 Å². The number of benzene rings is 1. The lowest BCUT2D eigenvalue weighted by molar-refractivity contribution is 0.297. The van der Waals surface area contributed by atoms with Crippen LogP contribution in [0, 0.1) is 0 Å². The largest absolute Gasteiger partial charge is 0.497 e. The topological polar surface area (TPSA) is 48.9 Å². The molecule has 0 amide bonds. The van der Waals surface area contributed by atoms with Gasteiger partial charge in [0.25, 0.3) is 0 Å². The highest BCUT2D eigenvalue weighted by Gasteiger charge is 2.00. The van der Waals surface area contributed by atoms with Crippen molar-refractivity contribution in [3.05, 3.63) is 29.8 Å². The van der Waals surface area contributed by atoms with Gasteiger partial charge in [0.2, 0.25) is 0 Å². The van der Waals surface area contributed by atoms with E-state index in [-0.39, 0.29) is 0 Å². The minimum absolute atomic E-state index is 0.753. The predicted molar refractivity (Wildman–Crippen MR) is 98.2 cm³/mol. The van der Waals surface area contributed by atoms with Gasteiger partial charge in [-0.05, 0) is 50.2 Å². The fraction of sp³-hybridized carbons (Fsp3) is 0.611. The molecule has 23 heavy (non-hydrogen) atoms. The van der Waals surface area contributed by atoms with Gasteiger partial charge in [-0.25, -0.2) is 0 Å². The molecule has 5 nitrogen and oxygen atoms in total. The van der Waals surface area contributed by atoms with E-state index in [1.165, 1.54) is 18.5 Å². The molecule has 5 heteroatoms. The maximum absolute atomic E-state index is 5.17. The summed E-state index contributed by atoms with van der Waals surface area (Å²) in [5.74, 6) is 1.73. The zero-order valence-corrected chi connectivity index (χ0v) is 15.1. The summed E-state index contributed by atoms with van der Waals surface area (Å²) in [5, 5.41) is 6.70. The summed E-state index contributed by atoms with van der Waals surface area (Å²) in [7, 11) is 3.48. The standard InChI is InChI=1S/C18H32N4O/c1-5-22(6-2)14-8-7-13-20-18(19-3)21-15-16-9-11-17(23-4)12-10-16/h9-12H,5-8,13-15H2,1-4H3,(H2,19,20,21). The highest BCUT2D eigenvalue weighted by atomic mass is 16.5. The molecule has 0 atom stereocenters. The van der Waals surface area contributed by atoms with Gasteiger partial charge >= 0.3 is 0 Å². The zero-order chi connectivity index (χ0) is 16.9. The lowest BCUT2D eigenvalue weighted by Crippen LogP contribution is -2.37. The van der Waals surface area contributed by atoms with Crippen LogP contribution in [0.15, 0.2) is 29.3 Å². The average molecular weight is 320 g/mol. The molecule has 0 aliphatic heterocycles. The molecule has 1 aromatic carbocycles. The quantitative estimate of drug-likeness (QED) is 0.395. The first-order chi connectivity index (χ1) is 11.2. The molecule has 0 spiro atoms. The van der Waals surface area contributed by atoms with E-state index in [2.05, 4.69) is 46.5 Å². The summed E-state index contributed by atoms with van der Waals surface area (Å²) in [6.45, 7) is 9.57. The number of hydrogen-bond acceptors (Lipinski definition) is 3. The van der Waals surface area contributed by atoms with Crippen molar-refractivity contribution in [3.63, 3.8) is 0 Å². The molecular weight excluding hydrogens is 288 g/mol. The second-order valence-corrected chi connectivity index (χ2v) is 5.43. The van der Waals surface area contributed by atoms with E-state index in [9.17, 15) is 0 Å². The third-order valence-electron chi connectivity index (χ3n) is 3.93. The number of methoxy groups -OCH3 is 1. The molecule has 0 aromatic heterocycles. The fourth-order valence-corrected chi connectivity index (χ4v) is 2.36. The highest BCUT2D eigenvalue weighted by molar-refractivity contribution is 5.79. The van der Waals surface area contributed by atoms with Crippen molar-refractivity contribution in [2.75, 3.05) is 40.3 Å². The molecule has 0 aliphatic rings. The summed E-state index contributed by atoms with van der Waals surface area (Å²) < 4.78 is 5.17. The second-order valence-electron chi connectivity index (χ2n) is 5.43. The van der Waals surface area contributed by atoms with Crippen molar-refractivity contribution >= 4 is 5.96 Å². The lowest BCUT2D eigenvalue weighted by atomic mass is 10.2. The lowest BCUT2D eigenvalue weighted by Gasteiger charge is -2.18. The highest BCUT2D eigenvalue weighted by Crippen LogP contribution is 2.10. The fourth-order valence-electron chi connectivity index (χ4n) is 2.36. The van der Waals surface area contributed by atoms with Crippen molar-refractivity contribution in [2.45, 2.75) is 33.2 Å². The molecule has 1 aromatic rings. The van der Waals surface area contributed by atoms with Gasteiger partial charge in [0.1, 0.15) is 5.75 Å². The Bertz CT molecular complexity index is 441. The predicted octanol–water partition coefficient (Wildman–Crippen LogP) is 2.48. The Hall–Kier alpha value is -1.75. The Kier molecular flexibility index (Phi) is 9.87. The van der Waals surface area contributed by atoms with Crippen molar-refractivity contribution in [2.24, 2.45) is 4.99 Å². The first-order valence-electron chi connectivity index (χ1n) is 8.53. The maximum atomic E-state index is 5.17. The van der Waals surface area contributed by atoms with Crippen LogP contribution in [0.25, 0.3) is 0 Å². The molecule has 130 valence electrons. The number of unbranched alkanes of at least 4 members (excludes halogenated alkanes) is 1. The average Bonchev–Trinajstić information content (AvgIpc) is 2.61.